The van der Waals surface area contributed by atoms with Crippen LogP contribution in [-0.4, -0.2) is 45.9 Å². The van der Waals surface area contributed by atoms with Gasteiger partial charge in [0.05, 0.1) is 0 Å². The molecule has 3 rings (SSSR count). The first kappa shape index (κ1) is 18.8. The van der Waals surface area contributed by atoms with E-state index in [1.54, 1.807) is 11.0 Å². The van der Waals surface area contributed by atoms with Gasteiger partial charge in [0, 0.05) is 23.3 Å². The van der Waals surface area contributed by atoms with Crippen LogP contribution in [0, 0.1) is 0 Å². The Hall–Kier alpha value is -2.02. The van der Waals surface area contributed by atoms with E-state index in [1.807, 2.05) is 12.1 Å². The molecule has 2 aliphatic rings. The number of nitrogens with one attached hydrogen (secondary N) is 1. The summed E-state index contributed by atoms with van der Waals surface area (Å²) >= 11 is 0. The fourth-order valence-corrected chi connectivity index (χ4v) is 3.80. The number of piperidine rings is 1. The van der Waals surface area contributed by atoms with Crippen molar-refractivity contribution >= 4 is 28.0 Å². The predicted octanol–water partition coefficient (Wildman–Crippen LogP) is 2.60. The van der Waals surface area contributed by atoms with E-state index in [4.69, 9.17) is 4.18 Å². The topological polar surface area (TPSA) is 75.7 Å². The van der Waals surface area contributed by atoms with Crippen molar-refractivity contribution in [2.24, 2.45) is 0 Å². The molecular weight excluding hydrogens is 352 g/mol. The summed E-state index contributed by atoms with van der Waals surface area (Å²) in [7, 11) is -1.33. The van der Waals surface area contributed by atoms with Crippen molar-refractivity contribution in [2.45, 2.75) is 50.9 Å². The second-order valence-electron chi connectivity index (χ2n) is 8.15. The predicted molar refractivity (Wildman–Crippen MR) is 102 cm³/mol. The average Bonchev–Trinajstić information content (AvgIpc) is 2.82. The number of carbonyl (C=O) groups is 3. The Morgan fingerprint density at radius 2 is 1.88 bits per heavy atom. The maximum absolute atomic E-state index is 12.7. The molecule has 0 aliphatic carbocycles. The highest BCUT2D eigenvalue weighted by atomic mass is 32.3. The first-order valence-electron chi connectivity index (χ1n) is 8.69. The first-order chi connectivity index (χ1) is 12.0. The molecule has 2 aliphatic heterocycles. The van der Waals surface area contributed by atoms with E-state index in [1.165, 1.54) is 0 Å². The maximum Gasteiger partial charge on any atom is 0.255 e. The molecule has 0 saturated carbocycles. The van der Waals surface area contributed by atoms with Gasteiger partial charge >= 0.3 is 0 Å². The zero-order chi connectivity index (χ0) is 19.3. The summed E-state index contributed by atoms with van der Waals surface area (Å²) < 4.78 is 6.30. The van der Waals surface area contributed by atoms with Crippen LogP contribution in [0.5, 0.6) is 5.75 Å². The molecule has 6 nitrogen and oxygen atoms in total. The Balaban J connectivity index is 1.80. The Morgan fingerprint density at radius 1 is 1.19 bits per heavy atom. The zero-order valence-corrected chi connectivity index (χ0v) is 16.7. The molecule has 1 unspecified atom stereocenters. The maximum atomic E-state index is 12.7. The van der Waals surface area contributed by atoms with Gasteiger partial charge < -0.3 is 9.08 Å². The highest BCUT2D eigenvalue weighted by molar-refractivity contribution is 8.30. The van der Waals surface area contributed by atoms with Crippen LogP contribution in [0.4, 0.5) is 0 Å². The molecule has 2 heterocycles. The number of imide groups is 1. The minimum atomic E-state index is -1.33. The van der Waals surface area contributed by atoms with Crippen LogP contribution in [0.15, 0.2) is 18.2 Å². The molecule has 7 heteroatoms. The van der Waals surface area contributed by atoms with Crippen molar-refractivity contribution in [2.75, 3.05) is 12.5 Å². The van der Waals surface area contributed by atoms with Crippen molar-refractivity contribution in [1.29, 1.82) is 0 Å². The molecule has 0 spiro atoms. The van der Waals surface area contributed by atoms with Gasteiger partial charge in [-0.3, -0.25) is 19.7 Å². The molecule has 1 aromatic carbocycles. The monoisotopic (exact) mass is 378 g/mol. The molecule has 1 fully saturated rings. The van der Waals surface area contributed by atoms with E-state index < -0.39 is 22.3 Å². The van der Waals surface area contributed by atoms with Gasteiger partial charge in [0.15, 0.2) is 0 Å². The number of rotatable bonds is 3. The lowest BCUT2D eigenvalue weighted by Gasteiger charge is -2.43. The SMILES string of the molecule is CC(C)(C)S(C)(C)Oc1ccc2c(c1)CN(C1CCC(=O)NC1=O)C2=O. The lowest BCUT2D eigenvalue weighted by molar-refractivity contribution is -0.136. The first-order valence-corrected chi connectivity index (χ1v) is 11.1. The number of amides is 3. The van der Waals surface area contributed by atoms with Crippen molar-refractivity contribution in [1.82, 2.24) is 10.2 Å². The number of benzene rings is 1. The zero-order valence-electron chi connectivity index (χ0n) is 15.9. The van der Waals surface area contributed by atoms with Gasteiger partial charge in [-0.25, -0.2) is 0 Å². The Bertz CT molecular complexity index is 782. The normalized spacial score (nSPS) is 21.5. The summed E-state index contributed by atoms with van der Waals surface area (Å²) in [6.07, 6.45) is 4.88. The van der Waals surface area contributed by atoms with Crippen molar-refractivity contribution in [3.63, 3.8) is 0 Å². The third-order valence-corrected chi connectivity index (χ3v) is 8.83. The van der Waals surface area contributed by atoms with Gasteiger partial charge in [0.1, 0.15) is 11.8 Å². The summed E-state index contributed by atoms with van der Waals surface area (Å²) in [4.78, 5) is 37.7. The number of carbonyl (C=O) groups excluding carboxylic acids is 3. The highest BCUT2D eigenvalue weighted by Crippen LogP contribution is 2.53. The van der Waals surface area contributed by atoms with Gasteiger partial charge in [-0.15, -0.1) is 0 Å². The fourth-order valence-electron chi connectivity index (χ4n) is 2.97. The molecule has 1 atom stereocenters. The van der Waals surface area contributed by atoms with Gasteiger partial charge in [0.25, 0.3) is 5.91 Å². The Labute approximate surface area is 155 Å². The van der Waals surface area contributed by atoms with Gasteiger partial charge in [-0.05, 0) is 63.5 Å². The third-order valence-electron chi connectivity index (χ3n) is 5.27. The molecule has 142 valence electrons. The summed E-state index contributed by atoms with van der Waals surface area (Å²) in [5.41, 5.74) is 1.46. The van der Waals surface area contributed by atoms with E-state index in [9.17, 15) is 14.4 Å². The summed E-state index contributed by atoms with van der Waals surface area (Å²) in [5, 5.41) is 2.32. The van der Waals surface area contributed by atoms with Crippen LogP contribution in [-0.2, 0) is 16.1 Å². The van der Waals surface area contributed by atoms with Gasteiger partial charge in [-0.2, -0.15) is 0 Å². The number of nitrogens with zero attached hydrogens (tertiary/aromatic N) is 1. The quantitative estimate of drug-likeness (QED) is 0.821. The van der Waals surface area contributed by atoms with Crippen LogP contribution in [0.25, 0.3) is 0 Å². The molecule has 1 aromatic rings. The van der Waals surface area contributed by atoms with Crippen molar-refractivity contribution in [3.05, 3.63) is 29.3 Å². The van der Waals surface area contributed by atoms with Crippen LogP contribution in [0.2, 0.25) is 0 Å². The van der Waals surface area contributed by atoms with E-state index in [0.29, 0.717) is 18.5 Å². The van der Waals surface area contributed by atoms with Crippen molar-refractivity contribution < 1.29 is 18.6 Å². The summed E-state index contributed by atoms with van der Waals surface area (Å²) in [6.45, 7) is 6.83. The highest BCUT2D eigenvalue weighted by Gasteiger charge is 2.39. The second-order valence-corrected chi connectivity index (χ2v) is 12.0. The van der Waals surface area contributed by atoms with Crippen molar-refractivity contribution in [3.8, 4) is 5.75 Å². The van der Waals surface area contributed by atoms with E-state index in [-0.39, 0.29) is 23.0 Å². The van der Waals surface area contributed by atoms with E-state index >= 15 is 0 Å². The largest absolute Gasteiger partial charge is 0.449 e. The number of hydrogen-bond acceptors (Lipinski definition) is 4. The van der Waals surface area contributed by atoms with Crippen LogP contribution < -0.4 is 9.50 Å². The molecule has 26 heavy (non-hydrogen) atoms. The molecule has 1 saturated heterocycles. The number of fused-ring (bicyclic) bond motifs is 1. The Kier molecular flexibility index (Phi) is 4.55. The number of hydrogen-bond donors (Lipinski definition) is 1. The van der Waals surface area contributed by atoms with Crippen LogP contribution in [0.1, 0.15) is 49.5 Å². The fraction of sp³-hybridized carbons (Fsp3) is 0.526. The van der Waals surface area contributed by atoms with Crippen LogP contribution >= 0.6 is 10.3 Å². The lowest BCUT2D eigenvalue weighted by Crippen LogP contribution is -2.52. The molecule has 0 aromatic heterocycles. The minimum absolute atomic E-state index is 0.0284. The second kappa shape index (κ2) is 6.30. The summed E-state index contributed by atoms with van der Waals surface area (Å²) in [6, 6.07) is 4.91. The molecule has 0 radical (unpaired) electrons. The summed E-state index contributed by atoms with van der Waals surface area (Å²) in [5.74, 6) is -0.0873. The molecule has 1 N–H and O–H groups in total. The molecular formula is C19H26N2O4S. The third kappa shape index (κ3) is 3.32. The molecule has 0 bridgehead atoms. The minimum Gasteiger partial charge on any atom is -0.449 e. The lowest BCUT2D eigenvalue weighted by atomic mass is 10.0. The smallest absolute Gasteiger partial charge is 0.255 e. The Morgan fingerprint density at radius 3 is 2.50 bits per heavy atom. The van der Waals surface area contributed by atoms with Gasteiger partial charge in [0.2, 0.25) is 11.8 Å². The standard InChI is InChI=1S/C19H26N2O4S/c1-19(2,3)26(4,5)25-13-6-7-14-12(10-13)11-21(18(14)24)15-8-9-16(22)20-17(15)23/h6-7,10,15H,8-9,11H2,1-5H3,(H,20,22,23). The van der Waals surface area contributed by atoms with Gasteiger partial charge in [-0.1, -0.05) is 10.3 Å². The molecule has 3 amide bonds. The average molecular weight is 378 g/mol. The van der Waals surface area contributed by atoms with E-state index in [0.717, 1.165) is 11.3 Å². The van der Waals surface area contributed by atoms with E-state index in [2.05, 4.69) is 38.6 Å². The van der Waals surface area contributed by atoms with Crippen LogP contribution in [0.3, 0.4) is 0 Å².